The molecule has 2 rings (SSSR count). The van der Waals surface area contributed by atoms with Crippen LogP contribution in [0.1, 0.15) is 12.8 Å². The summed E-state index contributed by atoms with van der Waals surface area (Å²) in [5.74, 6) is 0.112. The van der Waals surface area contributed by atoms with E-state index < -0.39 is 18.8 Å². The third-order valence-corrected chi connectivity index (χ3v) is 4.13. The van der Waals surface area contributed by atoms with Gasteiger partial charge in [-0.25, -0.2) is 0 Å². The van der Waals surface area contributed by atoms with E-state index in [0.717, 1.165) is 0 Å². The summed E-state index contributed by atoms with van der Waals surface area (Å²) in [6.45, 7) is 0.235. The number of rotatable bonds is 5. The highest BCUT2D eigenvalue weighted by molar-refractivity contribution is 5.94. The van der Waals surface area contributed by atoms with Crippen LogP contribution in [0.4, 0.5) is 18.9 Å². The molecular formula is C16H21F3N2O3. The van der Waals surface area contributed by atoms with Crippen molar-refractivity contribution in [3.05, 3.63) is 24.3 Å². The summed E-state index contributed by atoms with van der Waals surface area (Å²) in [7, 11) is 1.51. The quantitative estimate of drug-likeness (QED) is 0.859. The second kappa shape index (κ2) is 7.85. The van der Waals surface area contributed by atoms with Crippen molar-refractivity contribution in [2.24, 2.45) is 5.92 Å². The highest BCUT2D eigenvalue weighted by Gasteiger charge is 2.39. The number of aliphatic hydroxyl groups excluding tert-OH is 1. The minimum Gasteiger partial charge on any atom is -0.495 e. The van der Waals surface area contributed by atoms with Gasteiger partial charge < -0.3 is 20.1 Å². The number of halogens is 3. The van der Waals surface area contributed by atoms with Gasteiger partial charge in [-0.05, 0) is 38.1 Å². The average molecular weight is 346 g/mol. The summed E-state index contributed by atoms with van der Waals surface area (Å²) < 4.78 is 42.3. The molecule has 1 fully saturated rings. The Hall–Kier alpha value is -1.80. The minimum atomic E-state index is -4.61. The lowest BCUT2D eigenvalue weighted by molar-refractivity contribution is -0.208. The smallest absolute Gasteiger partial charge is 0.415 e. The first kappa shape index (κ1) is 18.5. The molecule has 0 spiro atoms. The van der Waals surface area contributed by atoms with Gasteiger partial charge in [0.2, 0.25) is 5.91 Å². The fraction of sp³-hybridized carbons (Fsp3) is 0.562. The van der Waals surface area contributed by atoms with Crippen LogP contribution in [0.3, 0.4) is 0 Å². The van der Waals surface area contributed by atoms with E-state index in [1.54, 1.807) is 24.3 Å². The summed E-state index contributed by atoms with van der Waals surface area (Å²) in [5, 5.41) is 11.9. The number of piperidine rings is 1. The zero-order valence-corrected chi connectivity index (χ0v) is 13.3. The van der Waals surface area contributed by atoms with Crippen LogP contribution in [0.2, 0.25) is 0 Å². The van der Waals surface area contributed by atoms with Crippen LogP contribution in [0.15, 0.2) is 24.3 Å². The van der Waals surface area contributed by atoms with Gasteiger partial charge in [-0.3, -0.25) is 4.79 Å². The van der Waals surface area contributed by atoms with Crippen molar-refractivity contribution >= 4 is 11.6 Å². The van der Waals surface area contributed by atoms with Gasteiger partial charge in [-0.1, -0.05) is 12.1 Å². The van der Waals surface area contributed by atoms with Crippen molar-refractivity contribution in [1.82, 2.24) is 4.90 Å². The fourth-order valence-corrected chi connectivity index (χ4v) is 2.71. The SMILES string of the molecule is COc1ccccc1NC(=O)C1CCN(C[C@@H](O)C(F)(F)F)CC1. The van der Waals surface area contributed by atoms with E-state index >= 15 is 0 Å². The largest absolute Gasteiger partial charge is 0.495 e. The van der Waals surface area contributed by atoms with Gasteiger partial charge in [0.15, 0.2) is 6.10 Å². The first-order valence-corrected chi connectivity index (χ1v) is 7.72. The Labute approximate surface area is 138 Å². The van der Waals surface area contributed by atoms with E-state index in [-0.39, 0.29) is 11.8 Å². The molecule has 0 saturated carbocycles. The molecule has 24 heavy (non-hydrogen) atoms. The number of para-hydroxylation sites is 2. The number of nitrogens with zero attached hydrogens (tertiary/aromatic N) is 1. The number of hydrogen-bond acceptors (Lipinski definition) is 4. The molecule has 0 radical (unpaired) electrons. The Balaban J connectivity index is 1.85. The Morgan fingerprint density at radius 2 is 2.00 bits per heavy atom. The number of ether oxygens (including phenoxy) is 1. The highest BCUT2D eigenvalue weighted by Crippen LogP contribution is 2.27. The molecule has 1 atom stereocenters. The summed E-state index contributed by atoms with van der Waals surface area (Å²) in [4.78, 5) is 13.8. The first-order valence-electron chi connectivity index (χ1n) is 7.72. The van der Waals surface area contributed by atoms with Crippen LogP contribution < -0.4 is 10.1 Å². The number of alkyl halides is 3. The monoisotopic (exact) mass is 346 g/mol. The van der Waals surface area contributed by atoms with Crippen molar-refractivity contribution in [3.63, 3.8) is 0 Å². The van der Waals surface area contributed by atoms with Crippen LogP contribution in [-0.2, 0) is 4.79 Å². The molecule has 134 valence electrons. The van der Waals surface area contributed by atoms with Crippen molar-refractivity contribution < 1.29 is 27.8 Å². The molecule has 1 amide bonds. The Morgan fingerprint density at radius 1 is 1.38 bits per heavy atom. The molecule has 1 heterocycles. The molecule has 1 aromatic rings. The molecule has 1 aliphatic rings. The number of hydrogen-bond donors (Lipinski definition) is 2. The van der Waals surface area contributed by atoms with Crippen LogP contribution >= 0.6 is 0 Å². The van der Waals surface area contributed by atoms with Crippen LogP contribution in [-0.4, -0.2) is 54.9 Å². The lowest BCUT2D eigenvalue weighted by Crippen LogP contribution is -2.45. The zero-order valence-electron chi connectivity index (χ0n) is 13.3. The van der Waals surface area contributed by atoms with Gasteiger partial charge in [-0.15, -0.1) is 0 Å². The Morgan fingerprint density at radius 3 is 2.58 bits per heavy atom. The minimum absolute atomic E-state index is 0.171. The van der Waals surface area contributed by atoms with Gasteiger partial charge in [0.1, 0.15) is 5.75 Å². The van der Waals surface area contributed by atoms with Crippen molar-refractivity contribution in [3.8, 4) is 5.75 Å². The molecule has 0 unspecified atom stereocenters. The Bertz CT molecular complexity index is 558. The van der Waals surface area contributed by atoms with E-state index in [1.165, 1.54) is 12.0 Å². The second-order valence-electron chi connectivity index (χ2n) is 5.82. The molecule has 8 heteroatoms. The number of likely N-dealkylation sites (tertiary alicyclic amines) is 1. The van der Waals surface area contributed by atoms with Crippen LogP contribution in [0, 0.1) is 5.92 Å². The molecule has 2 N–H and O–H groups in total. The number of anilines is 1. The molecule has 1 aromatic carbocycles. The molecular weight excluding hydrogens is 325 g/mol. The van der Waals surface area contributed by atoms with Gasteiger partial charge in [0.25, 0.3) is 0 Å². The third kappa shape index (κ3) is 4.85. The average Bonchev–Trinajstić information content (AvgIpc) is 2.55. The first-order chi connectivity index (χ1) is 11.3. The molecule has 0 bridgehead atoms. The predicted octanol–water partition coefficient (Wildman–Crippen LogP) is 2.27. The summed E-state index contributed by atoms with van der Waals surface area (Å²) in [6, 6.07) is 7.03. The molecule has 0 aromatic heterocycles. The van der Waals surface area contributed by atoms with Crippen molar-refractivity contribution in [1.29, 1.82) is 0 Å². The van der Waals surface area contributed by atoms with E-state index in [2.05, 4.69) is 5.32 Å². The van der Waals surface area contributed by atoms with E-state index in [4.69, 9.17) is 9.84 Å². The summed E-state index contributed by atoms with van der Waals surface area (Å²) in [6.07, 6.45) is -6.06. The Kier molecular flexibility index (Phi) is 6.06. The van der Waals surface area contributed by atoms with E-state index in [0.29, 0.717) is 37.4 Å². The number of methoxy groups -OCH3 is 1. The van der Waals surface area contributed by atoms with Crippen molar-refractivity contribution in [2.45, 2.75) is 25.1 Å². The maximum Gasteiger partial charge on any atom is 0.415 e. The van der Waals surface area contributed by atoms with E-state index in [9.17, 15) is 18.0 Å². The number of benzene rings is 1. The molecule has 0 aliphatic carbocycles. The fourth-order valence-electron chi connectivity index (χ4n) is 2.71. The second-order valence-corrected chi connectivity index (χ2v) is 5.82. The van der Waals surface area contributed by atoms with Gasteiger partial charge in [0.05, 0.1) is 12.8 Å². The molecule has 1 aliphatic heterocycles. The number of nitrogens with one attached hydrogen (secondary N) is 1. The van der Waals surface area contributed by atoms with Gasteiger partial charge in [0, 0.05) is 12.5 Å². The van der Waals surface area contributed by atoms with Gasteiger partial charge in [-0.2, -0.15) is 13.2 Å². The van der Waals surface area contributed by atoms with Crippen LogP contribution in [0.25, 0.3) is 0 Å². The van der Waals surface area contributed by atoms with Crippen molar-refractivity contribution in [2.75, 3.05) is 32.1 Å². The number of amides is 1. The lowest BCUT2D eigenvalue weighted by atomic mass is 9.95. The molecule has 1 saturated heterocycles. The predicted molar refractivity (Wildman–Crippen MR) is 82.8 cm³/mol. The maximum atomic E-state index is 12.4. The number of aliphatic hydroxyl groups is 1. The topological polar surface area (TPSA) is 61.8 Å². The summed E-state index contributed by atoms with van der Waals surface area (Å²) >= 11 is 0. The lowest BCUT2D eigenvalue weighted by Gasteiger charge is -2.32. The standard InChI is InChI=1S/C16H21F3N2O3/c1-24-13-5-3-2-4-12(13)20-15(23)11-6-8-21(9-7-11)10-14(22)16(17,18)19/h2-5,11,14,22H,6-10H2,1H3,(H,20,23)/t14-/m1/s1. The maximum absolute atomic E-state index is 12.4. The summed E-state index contributed by atoms with van der Waals surface area (Å²) in [5.41, 5.74) is 0.569. The van der Waals surface area contributed by atoms with Crippen LogP contribution in [0.5, 0.6) is 5.75 Å². The number of carbonyl (C=O) groups excluding carboxylic acids is 1. The van der Waals surface area contributed by atoms with E-state index in [1.807, 2.05) is 0 Å². The molecule has 5 nitrogen and oxygen atoms in total. The zero-order chi connectivity index (χ0) is 17.7. The third-order valence-electron chi connectivity index (χ3n) is 4.13. The normalized spacial score (nSPS) is 18.2. The van der Waals surface area contributed by atoms with Gasteiger partial charge >= 0.3 is 6.18 Å². The number of carbonyl (C=O) groups is 1. The number of β-amino-alcohol motifs (C(OH)–C–C–N with tert-alkyl or cyclic N) is 1. The highest BCUT2D eigenvalue weighted by atomic mass is 19.4.